The number of hydrogen-bond acceptors (Lipinski definition) is 4. The SMILES string of the molecule is O=C(CCCc1cn[nH]c1)N1CCC2(CCC(=O)N(C[C@H]3CCCO3)C2)CC1. The van der Waals surface area contributed by atoms with Gasteiger partial charge in [-0.3, -0.25) is 14.7 Å². The van der Waals surface area contributed by atoms with Gasteiger partial charge in [-0.2, -0.15) is 5.10 Å². The molecule has 4 heterocycles. The summed E-state index contributed by atoms with van der Waals surface area (Å²) in [6, 6.07) is 0. The summed E-state index contributed by atoms with van der Waals surface area (Å²) in [5.41, 5.74) is 1.35. The predicted molar refractivity (Wildman–Crippen MR) is 105 cm³/mol. The van der Waals surface area contributed by atoms with Crippen LogP contribution in [0.1, 0.15) is 56.9 Å². The highest BCUT2D eigenvalue weighted by Crippen LogP contribution is 2.40. The van der Waals surface area contributed by atoms with Crippen LogP contribution in [-0.2, 0) is 20.7 Å². The van der Waals surface area contributed by atoms with Gasteiger partial charge in [0.25, 0.3) is 0 Å². The Kier molecular flexibility index (Phi) is 5.99. The summed E-state index contributed by atoms with van der Waals surface area (Å²) >= 11 is 0. The number of likely N-dealkylation sites (tertiary alicyclic amines) is 2. The Labute approximate surface area is 166 Å². The van der Waals surface area contributed by atoms with Crippen LogP contribution in [0.25, 0.3) is 0 Å². The van der Waals surface area contributed by atoms with Crippen molar-refractivity contribution in [3.63, 3.8) is 0 Å². The van der Waals surface area contributed by atoms with Crippen molar-refractivity contribution in [3.05, 3.63) is 18.0 Å². The van der Waals surface area contributed by atoms with Gasteiger partial charge in [-0.05, 0) is 55.9 Å². The summed E-state index contributed by atoms with van der Waals surface area (Å²) in [5.74, 6) is 0.542. The molecule has 3 saturated heterocycles. The molecule has 7 nitrogen and oxygen atoms in total. The van der Waals surface area contributed by atoms with Gasteiger partial charge < -0.3 is 14.5 Å². The quantitative estimate of drug-likeness (QED) is 0.810. The van der Waals surface area contributed by atoms with Crippen molar-refractivity contribution in [1.29, 1.82) is 0 Å². The van der Waals surface area contributed by atoms with Gasteiger partial charge in [0.15, 0.2) is 0 Å². The molecule has 0 aromatic carbocycles. The molecule has 1 spiro atoms. The molecule has 0 unspecified atom stereocenters. The van der Waals surface area contributed by atoms with E-state index in [4.69, 9.17) is 4.74 Å². The predicted octanol–water partition coefficient (Wildman–Crippen LogP) is 2.14. The Balaban J connectivity index is 1.24. The first-order valence-electron chi connectivity index (χ1n) is 10.8. The van der Waals surface area contributed by atoms with Gasteiger partial charge in [0, 0.05) is 51.8 Å². The van der Waals surface area contributed by atoms with Gasteiger partial charge in [-0.1, -0.05) is 0 Å². The summed E-state index contributed by atoms with van der Waals surface area (Å²) < 4.78 is 5.74. The van der Waals surface area contributed by atoms with Crippen molar-refractivity contribution in [2.75, 3.05) is 32.8 Å². The number of carbonyl (C=O) groups excluding carboxylic acids is 2. The lowest BCUT2D eigenvalue weighted by Gasteiger charge is -2.47. The average molecular weight is 389 g/mol. The van der Waals surface area contributed by atoms with Crippen LogP contribution in [0.4, 0.5) is 0 Å². The second-order valence-corrected chi connectivity index (χ2v) is 8.75. The van der Waals surface area contributed by atoms with Gasteiger partial charge in [-0.15, -0.1) is 0 Å². The zero-order valence-corrected chi connectivity index (χ0v) is 16.7. The zero-order valence-electron chi connectivity index (χ0n) is 16.7. The Morgan fingerprint density at radius 3 is 2.89 bits per heavy atom. The van der Waals surface area contributed by atoms with Gasteiger partial charge >= 0.3 is 0 Å². The first-order chi connectivity index (χ1) is 13.6. The molecule has 28 heavy (non-hydrogen) atoms. The highest BCUT2D eigenvalue weighted by molar-refractivity contribution is 5.77. The first kappa shape index (κ1) is 19.4. The maximum Gasteiger partial charge on any atom is 0.222 e. The lowest BCUT2D eigenvalue weighted by molar-refractivity contribution is -0.144. The zero-order chi connectivity index (χ0) is 19.4. The lowest BCUT2D eigenvalue weighted by Crippen LogP contribution is -2.53. The van der Waals surface area contributed by atoms with E-state index in [0.717, 1.165) is 83.3 Å². The molecule has 2 amide bonds. The first-order valence-corrected chi connectivity index (χ1v) is 10.8. The van der Waals surface area contributed by atoms with Crippen LogP contribution in [0.15, 0.2) is 12.4 Å². The summed E-state index contributed by atoms with van der Waals surface area (Å²) in [7, 11) is 0. The second-order valence-electron chi connectivity index (χ2n) is 8.75. The molecule has 3 aliphatic heterocycles. The number of nitrogens with one attached hydrogen (secondary N) is 1. The van der Waals surface area contributed by atoms with E-state index >= 15 is 0 Å². The van der Waals surface area contributed by atoms with E-state index in [1.54, 1.807) is 0 Å². The van der Waals surface area contributed by atoms with Gasteiger partial charge in [-0.25, -0.2) is 0 Å². The minimum Gasteiger partial charge on any atom is -0.376 e. The smallest absolute Gasteiger partial charge is 0.222 e. The molecule has 1 aromatic rings. The molecular weight excluding hydrogens is 356 g/mol. The fraction of sp³-hybridized carbons (Fsp3) is 0.762. The van der Waals surface area contributed by atoms with Crippen LogP contribution in [0.5, 0.6) is 0 Å². The molecule has 0 bridgehead atoms. The Bertz CT molecular complexity index is 661. The number of aromatic nitrogens is 2. The number of amides is 2. The van der Waals surface area contributed by atoms with E-state index in [1.807, 2.05) is 22.2 Å². The minimum absolute atomic E-state index is 0.195. The van der Waals surface area contributed by atoms with E-state index in [2.05, 4.69) is 10.2 Å². The molecular formula is C21H32N4O3. The van der Waals surface area contributed by atoms with Gasteiger partial charge in [0.1, 0.15) is 0 Å². The summed E-state index contributed by atoms with van der Waals surface area (Å²) in [5, 5.41) is 6.76. The van der Waals surface area contributed by atoms with Crippen molar-refractivity contribution in [1.82, 2.24) is 20.0 Å². The number of ether oxygens (including phenoxy) is 1. The summed E-state index contributed by atoms with van der Waals surface area (Å²) in [4.78, 5) is 29.0. The van der Waals surface area contributed by atoms with E-state index < -0.39 is 0 Å². The Morgan fingerprint density at radius 2 is 2.18 bits per heavy atom. The molecule has 1 atom stereocenters. The number of hydrogen-bond donors (Lipinski definition) is 1. The maximum atomic E-state index is 12.6. The monoisotopic (exact) mass is 388 g/mol. The molecule has 3 aliphatic rings. The number of piperidine rings is 2. The van der Waals surface area contributed by atoms with Crippen LogP contribution in [-0.4, -0.2) is 70.7 Å². The Morgan fingerprint density at radius 1 is 1.32 bits per heavy atom. The standard InChI is InChI=1S/C21H32N4O3/c26-19(5-1-3-17-13-22-23-14-17)24-10-8-21(9-11-24)7-6-20(27)25(16-21)15-18-4-2-12-28-18/h13-14,18H,1-12,15-16H2,(H,22,23)/t18-/m1/s1. The van der Waals surface area contributed by atoms with Crippen molar-refractivity contribution < 1.29 is 14.3 Å². The van der Waals surface area contributed by atoms with Crippen LogP contribution in [0.2, 0.25) is 0 Å². The maximum absolute atomic E-state index is 12.6. The highest BCUT2D eigenvalue weighted by Gasteiger charge is 2.42. The molecule has 3 fully saturated rings. The molecule has 0 aliphatic carbocycles. The Hall–Kier alpha value is -1.89. The molecule has 154 valence electrons. The number of aromatic amines is 1. The molecule has 0 saturated carbocycles. The fourth-order valence-corrected chi connectivity index (χ4v) is 4.96. The second kappa shape index (κ2) is 8.64. The highest BCUT2D eigenvalue weighted by atomic mass is 16.5. The van der Waals surface area contributed by atoms with Crippen molar-refractivity contribution in [2.24, 2.45) is 5.41 Å². The van der Waals surface area contributed by atoms with E-state index in [1.165, 1.54) is 0 Å². The molecule has 1 N–H and O–H groups in total. The third kappa shape index (κ3) is 4.57. The van der Waals surface area contributed by atoms with Crippen LogP contribution in [0, 0.1) is 5.41 Å². The number of aryl methyl sites for hydroxylation is 1. The normalized spacial score (nSPS) is 24.9. The van der Waals surface area contributed by atoms with E-state index in [0.29, 0.717) is 12.8 Å². The number of rotatable bonds is 6. The topological polar surface area (TPSA) is 78.5 Å². The lowest BCUT2D eigenvalue weighted by atomic mass is 9.72. The third-order valence-corrected chi connectivity index (χ3v) is 6.78. The fourth-order valence-electron chi connectivity index (χ4n) is 4.96. The minimum atomic E-state index is 0.195. The summed E-state index contributed by atoms with van der Waals surface area (Å²) in [6.45, 7) is 4.07. The number of carbonyl (C=O) groups is 2. The molecule has 1 aromatic heterocycles. The average Bonchev–Trinajstić information content (AvgIpc) is 3.40. The van der Waals surface area contributed by atoms with Crippen molar-refractivity contribution in [3.8, 4) is 0 Å². The molecule has 7 heteroatoms. The van der Waals surface area contributed by atoms with Crippen molar-refractivity contribution in [2.45, 2.75) is 63.9 Å². The van der Waals surface area contributed by atoms with E-state index in [9.17, 15) is 9.59 Å². The molecule has 0 radical (unpaired) electrons. The van der Waals surface area contributed by atoms with Crippen LogP contribution < -0.4 is 0 Å². The van der Waals surface area contributed by atoms with Crippen LogP contribution in [0.3, 0.4) is 0 Å². The number of H-pyrrole nitrogens is 1. The van der Waals surface area contributed by atoms with Crippen molar-refractivity contribution >= 4 is 11.8 Å². The van der Waals surface area contributed by atoms with Crippen LogP contribution >= 0.6 is 0 Å². The molecule has 4 rings (SSSR count). The van der Waals surface area contributed by atoms with Gasteiger partial charge in [0.2, 0.25) is 11.8 Å². The summed E-state index contributed by atoms with van der Waals surface area (Å²) in [6.07, 6.45) is 12.1. The third-order valence-electron chi connectivity index (χ3n) is 6.78. The largest absolute Gasteiger partial charge is 0.376 e. The van der Waals surface area contributed by atoms with E-state index in [-0.39, 0.29) is 23.3 Å². The number of nitrogens with zero attached hydrogens (tertiary/aromatic N) is 3. The van der Waals surface area contributed by atoms with Gasteiger partial charge in [0.05, 0.1) is 12.3 Å².